The second-order valence-corrected chi connectivity index (χ2v) is 7.32. The molecule has 2 saturated carbocycles. The Balaban J connectivity index is 1.66. The topological polar surface area (TPSA) is 50.1 Å². The van der Waals surface area contributed by atoms with Crippen LogP contribution in [0.15, 0.2) is 12.2 Å². The molecule has 23 heavy (non-hydrogen) atoms. The van der Waals surface area contributed by atoms with Crippen molar-refractivity contribution < 1.29 is 9.53 Å². The average molecular weight is 317 g/mol. The lowest BCUT2D eigenvalue weighted by atomic mass is 9.80. The van der Waals surface area contributed by atoms with Gasteiger partial charge in [0.2, 0.25) is 0 Å². The van der Waals surface area contributed by atoms with Crippen LogP contribution in [-0.4, -0.2) is 12.1 Å². The van der Waals surface area contributed by atoms with Gasteiger partial charge in [0.25, 0.3) is 0 Å². The van der Waals surface area contributed by atoms with Crippen LogP contribution < -0.4 is 0 Å². The van der Waals surface area contributed by atoms with Gasteiger partial charge in [-0.3, -0.25) is 4.79 Å². The quantitative estimate of drug-likeness (QED) is 0.502. The fourth-order valence-electron chi connectivity index (χ4n) is 4.02. The van der Waals surface area contributed by atoms with E-state index in [-0.39, 0.29) is 18.0 Å². The number of nitrogens with zero attached hydrogens (tertiary/aromatic N) is 1. The first-order valence-electron chi connectivity index (χ1n) is 9.49. The van der Waals surface area contributed by atoms with Crippen molar-refractivity contribution in [2.75, 3.05) is 0 Å². The van der Waals surface area contributed by atoms with Gasteiger partial charge in [-0.1, -0.05) is 32.3 Å². The minimum absolute atomic E-state index is 0.0509. The number of nitriles is 1. The third-order valence-electron chi connectivity index (χ3n) is 5.59. The predicted molar refractivity (Wildman–Crippen MR) is 91.6 cm³/mol. The third-order valence-corrected chi connectivity index (χ3v) is 5.59. The molecule has 0 atom stereocenters. The van der Waals surface area contributed by atoms with Crippen LogP contribution in [0.4, 0.5) is 0 Å². The molecule has 2 fully saturated rings. The van der Waals surface area contributed by atoms with Crippen molar-refractivity contribution >= 4 is 5.97 Å². The van der Waals surface area contributed by atoms with Crippen LogP contribution in [0.1, 0.15) is 77.6 Å². The van der Waals surface area contributed by atoms with Crippen molar-refractivity contribution in [2.45, 2.75) is 83.7 Å². The van der Waals surface area contributed by atoms with Crippen molar-refractivity contribution in [1.82, 2.24) is 0 Å². The second kappa shape index (κ2) is 9.75. The Morgan fingerprint density at radius 3 is 2.43 bits per heavy atom. The minimum Gasteiger partial charge on any atom is -0.462 e. The van der Waals surface area contributed by atoms with Gasteiger partial charge in [-0.05, 0) is 63.2 Å². The molecule has 0 N–H and O–H groups in total. The van der Waals surface area contributed by atoms with Crippen molar-refractivity contribution in [3.63, 3.8) is 0 Å². The van der Waals surface area contributed by atoms with E-state index < -0.39 is 0 Å². The van der Waals surface area contributed by atoms with Gasteiger partial charge in [-0.2, -0.15) is 5.26 Å². The molecule has 128 valence electrons. The SMILES string of the molecule is CCCC[C@H]1CC[C@H](C(=O)OC2CCC(/C=C/C#N)CC2)CC1. The maximum atomic E-state index is 12.4. The molecule has 0 aromatic heterocycles. The number of rotatable bonds is 6. The standard InChI is InChI=1S/C20H31NO2/c1-2-3-5-16-7-11-18(12-8-16)20(22)23-19-13-9-17(10-14-19)6-4-15-21/h4,6,16-19H,2-3,5,7-14H2,1H3/b6-4+/t16-,17?,18-,19?. The van der Waals surface area contributed by atoms with Gasteiger partial charge in [-0.25, -0.2) is 0 Å². The van der Waals surface area contributed by atoms with Crippen molar-refractivity contribution in [3.05, 3.63) is 12.2 Å². The van der Waals surface area contributed by atoms with Gasteiger partial charge in [0.05, 0.1) is 12.0 Å². The highest BCUT2D eigenvalue weighted by Gasteiger charge is 2.30. The molecule has 0 bridgehead atoms. The zero-order valence-electron chi connectivity index (χ0n) is 14.5. The Hall–Kier alpha value is -1.30. The van der Waals surface area contributed by atoms with Crippen LogP contribution in [0.3, 0.4) is 0 Å². The molecule has 0 aromatic carbocycles. The Kier molecular flexibility index (Phi) is 7.65. The van der Waals surface area contributed by atoms with Crippen LogP contribution in [-0.2, 0) is 9.53 Å². The lowest BCUT2D eigenvalue weighted by Gasteiger charge is -2.31. The zero-order valence-corrected chi connectivity index (χ0v) is 14.5. The summed E-state index contributed by atoms with van der Waals surface area (Å²) in [6.07, 6.45) is 16.0. The first-order chi connectivity index (χ1) is 11.2. The molecule has 0 radical (unpaired) electrons. The molecule has 2 aliphatic rings. The maximum absolute atomic E-state index is 12.4. The first-order valence-corrected chi connectivity index (χ1v) is 9.49. The summed E-state index contributed by atoms with van der Waals surface area (Å²) in [7, 11) is 0. The van der Waals surface area contributed by atoms with E-state index in [4.69, 9.17) is 10.00 Å². The summed E-state index contributed by atoms with van der Waals surface area (Å²) in [4.78, 5) is 12.4. The van der Waals surface area contributed by atoms with Crippen molar-refractivity contribution in [3.8, 4) is 6.07 Å². The van der Waals surface area contributed by atoms with E-state index in [1.807, 2.05) is 6.08 Å². The van der Waals surface area contributed by atoms with Crippen LogP contribution in [0.2, 0.25) is 0 Å². The fraction of sp³-hybridized carbons (Fsp3) is 0.800. The van der Waals surface area contributed by atoms with Crippen LogP contribution in [0.25, 0.3) is 0 Å². The van der Waals surface area contributed by atoms with E-state index in [9.17, 15) is 4.79 Å². The molecule has 0 heterocycles. The highest BCUT2D eigenvalue weighted by atomic mass is 16.5. The molecule has 0 saturated heterocycles. The lowest BCUT2D eigenvalue weighted by Crippen LogP contribution is -2.29. The van der Waals surface area contributed by atoms with E-state index >= 15 is 0 Å². The molecular formula is C20H31NO2. The van der Waals surface area contributed by atoms with Crippen molar-refractivity contribution in [1.29, 1.82) is 5.26 Å². The summed E-state index contributed by atoms with van der Waals surface area (Å²) >= 11 is 0. The van der Waals surface area contributed by atoms with Crippen LogP contribution in [0, 0.1) is 29.1 Å². The van der Waals surface area contributed by atoms with E-state index in [0.29, 0.717) is 5.92 Å². The molecular weight excluding hydrogens is 286 g/mol. The molecule has 0 aliphatic heterocycles. The van der Waals surface area contributed by atoms with Gasteiger partial charge in [0, 0.05) is 6.08 Å². The number of hydrogen-bond acceptors (Lipinski definition) is 3. The molecule has 0 amide bonds. The fourth-order valence-corrected chi connectivity index (χ4v) is 4.02. The largest absolute Gasteiger partial charge is 0.462 e. The molecule has 2 aliphatic carbocycles. The number of esters is 1. The Labute approximate surface area is 141 Å². The number of allylic oxidation sites excluding steroid dienone is 2. The summed E-state index contributed by atoms with van der Waals surface area (Å²) in [5.41, 5.74) is 0. The highest BCUT2D eigenvalue weighted by Crippen LogP contribution is 2.34. The lowest BCUT2D eigenvalue weighted by molar-refractivity contribution is -0.157. The van der Waals surface area contributed by atoms with Crippen LogP contribution >= 0.6 is 0 Å². The molecule has 0 aromatic rings. The summed E-state index contributed by atoms with van der Waals surface area (Å²) in [6.45, 7) is 2.24. The van der Waals surface area contributed by atoms with Crippen LogP contribution in [0.5, 0.6) is 0 Å². The monoisotopic (exact) mass is 317 g/mol. The third kappa shape index (κ3) is 6.01. The molecule has 2 rings (SSSR count). The smallest absolute Gasteiger partial charge is 0.309 e. The first kappa shape index (κ1) is 18.0. The van der Waals surface area contributed by atoms with E-state index in [1.54, 1.807) is 6.08 Å². The Morgan fingerprint density at radius 1 is 1.13 bits per heavy atom. The summed E-state index contributed by atoms with van der Waals surface area (Å²) in [6, 6.07) is 2.05. The molecule has 3 heteroatoms. The number of hydrogen-bond donors (Lipinski definition) is 0. The van der Waals surface area contributed by atoms with Gasteiger partial charge in [0.15, 0.2) is 0 Å². The zero-order chi connectivity index (χ0) is 16.5. The Morgan fingerprint density at radius 2 is 1.83 bits per heavy atom. The van der Waals surface area contributed by atoms with Crippen molar-refractivity contribution in [2.24, 2.45) is 17.8 Å². The summed E-state index contributed by atoms with van der Waals surface area (Å²) in [5, 5.41) is 8.57. The predicted octanol–water partition coefficient (Wildman–Crippen LogP) is 5.16. The summed E-state index contributed by atoms with van der Waals surface area (Å²) in [5.74, 6) is 1.51. The maximum Gasteiger partial charge on any atom is 0.309 e. The van der Waals surface area contributed by atoms with E-state index in [1.165, 1.54) is 32.1 Å². The number of carbonyl (C=O) groups is 1. The highest BCUT2D eigenvalue weighted by molar-refractivity contribution is 5.72. The molecule has 0 unspecified atom stereocenters. The summed E-state index contributed by atoms with van der Waals surface area (Å²) < 4.78 is 5.77. The van der Waals surface area contributed by atoms with Gasteiger partial charge in [-0.15, -0.1) is 0 Å². The van der Waals surface area contributed by atoms with Gasteiger partial charge < -0.3 is 4.74 Å². The van der Waals surface area contributed by atoms with Gasteiger partial charge in [0.1, 0.15) is 6.10 Å². The number of ether oxygens (including phenoxy) is 1. The number of unbranched alkanes of at least 4 members (excludes halogenated alkanes) is 1. The molecule has 3 nitrogen and oxygen atoms in total. The second-order valence-electron chi connectivity index (χ2n) is 7.32. The Bertz CT molecular complexity index is 421. The van der Waals surface area contributed by atoms with E-state index in [2.05, 4.69) is 13.0 Å². The average Bonchev–Trinajstić information content (AvgIpc) is 2.59. The molecule has 0 spiro atoms. The van der Waals surface area contributed by atoms with E-state index in [0.717, 1.165) is 44.4 Å². The normalized spacial score (nSPS) is 31.7. The number of carbonyl (C=O) groups excluding carboxylic acids is 1. The van der Waals surface area contributed by atoms with Gasteiger partial charge >= 0.3 is 5.97 Å². The minimum atomic E-state index is 0.0509.